The fraction of sp³-hybridized carbons (Fsp3) is 0.154. The predicted molar refractivity (Wildman–Crippen MR) is 175 cm³/mol. The largest absolute Gasteiger partial charge is 0.486 e. The Hall–Kier alpha value is -4.44. The van der Waals surface area contributed by atoms with Crippen LogP contribution in [0.5, 0.6) is 0 Å². The number of nitrogens with zero attached hydrogens (tertiary/aromatic N) is 3. The Morgan fingerprint density at radius 3 is 2.45 bits per heavy atom. The maximum absolute atomic E-state index is 8.63. The molecule has 1 radical (unpaired) electrons. The van der Waals surface area contributed by atoms with Crippen LogP contribution >= 0.6 is 0 Å². The fourth-order valence-corrected chi connectivity index (χ4v) is 4.52. The Labute approximate surface area is 283 Å². The molecule has 221 valence electrons. The van der Waals surface area contributed by atoms with Crippen molar-refractivity contribution in [3.8, 4) is 22.5 Å². The van der Waals surface area contributed by atoms with Crippen LogP contribution in [0.1, 0.15) is 53.1 Å². The molecule has 0 aliphatic heterocycles. The van der Waals surface area contributed by atoms with E-state index < -0.39 is 25.5 Å². The molecule has 0 fully saturated rings. The topological polar surface area (TPSA) is 51.8 Å². The van der Waals surface area contributed by atoms with Gasteiger partial charge < -0.3 is 14.4 Å². The maximum atomic E-state index is 8.63. The van der Waals surface area contributed by atoms with Crippen molar-refractivity contribution in [1.82, 2.24) is 15.0 Å². The molecule has 0 saturated heterocycles. The Morgan fingerprint density at radius 1 is 0.841 bits per heavy atom. The van der Waals surface area contributed by atoms with Crippen LogP contribution < -0.4 is 0 Å². The number of rotatable bonds is 6. The first-order valence-corrected chi connectivity index (χ1v) is 13.8. The molecule has 0 bridgehead atoms. The van der Waals surface area contributed by atoms with Crippen molar-refractivity contribution in [2.45, 2.75) is 39.3 Å². The first-order chi connectivity index (χ1) is 24.1. The predicted octanol–water partition coefficient (Wildman–Crippen LogP) is 9.61. The molecule has 4 aromatic heterocycles. The quantitative estimate of drug-likeness (QED) is 0.159. The molecule has 0 aliphatic carbocycles. The summed E-state index contributed by atoms with van der Waals surface area (Å²) >= 11 is 0. The van der Waals surface area contributed by atoms with Gasteiger partial charge in [0.05, 0.1) is 5.58 Å². The van der Waals surface area contributed by atoms with Crippen molar-refractivity contribution in [1.29, 1.82) is 0 Å². The van der Waals surface area contributed by atoms with E-state index in [0.29, 0.717) is 22.2 Å². The second-order valence-corrected chi connectivity index (χ2v) is 10.0. The standard InChI is InChI=1S/C27H23N2O.C12H10N.Ir/c1-18(2)20-15-16-28-25(17-20)24-10-6-9-22-23-14-13-21(29-27(23)30-26(22)24)12-11-19-7-4-3-5-8-19;1-10-7-8-12(13-9-10)11-5-3-2-4-6-11;/h3-9,13-18H,11-12H2,1-2H3;2-5,7-9H,1H3;/q2*-1;/i11D2,12D2,18D;1D3;. The molecule has 0 amide bonds. The molecule has 4 heterocycles. The van der Waals surface area contributed by atoms with Gasteiger partial charge in [-0.05, 0) is 66.2 Å². The molecular formula is C39H33IrN3O-2. The minimum Gasteiger partial charge on any atom is -0.486 e. The molecule has 0 aliphatic rings. The summed E-state index contributed by atoms with van der Waals surface area (Å²) in [6.45, 7) is 1.53. The fourth-order valence-electron chi connectivity index (χ4n) is 4.52. The van der Waals surface area contributed by atoms with E-state index in [9.17, 15) is 0 Å². The second-order valence-electron chi connectivity index (χ2n) is 10.0. The first kappa shape index (κ1) is 22.1. The van der Waals surface area contributed by atoms with E-state index in [1.165, 1.54) is 12.3 Å². The number of fused-ring (bicyclic) bond motifs is 3. The van der Waals surface area contributed by atoms with Crippen LogP contribution in [0.15, 0.2) is 120 Å². The van der Waals surface area contributed by atoms with Crippen LogP contribution in [-0.4, -0.2) is 15.0 Å². The van der Waals surface area contributed by atoms with E-state index in [-0.39, 0.29) is 42.6 Å². The Balaban J connectivity index is 0.000000258. The van der Waals surface area contributed by atoms with Crippen molar-refractivity contribution in [3.63, 3.8) is 0 Å². The van der Waals surface area contributed by atoms with Gasteiger partial charge in [0.15, 0.2) is 0 Å². The Kier molecular flexibility index (Phi) is 7.22. The number of benzene rings is 3. The summed E-state index contributed by atoms with van der Waals surface area (Å²) in [6.07, 6.45) is -1.67. The van der Waals surface area contributed by atoms with E-state index in [1.807, 2.05) is 50.2 Å². The molecular weight excluding hydrogens is 719 g/mol. The molecule has 5 heteroatoms. The summed E-state index contributed by atoms with van der Waals surface area (Å²) in [7, 11) is 0. The van der Waals surface area contributed by atoms with E-state index in [1.54, 1.807) is 66.9 Å². The van der Waals surface area contributed by atoms with Gasteiger partial charge in [0.1, 0.15) is 0 Å². The molecule has 0 saturated carbocycles. The summed E-state index contributed by atoms with van der Waals surface area (Å²) in [4.78, 5) is 13.0. The third kappa shape index (κ3) is 7.19. The second kappa shape index (κ2) is 14.4. The summed E-state index contributed by atoms with van der Waals surface area (Å²) in [5, 5.41) is 1.46. The average molecular weight is 760 g/mol. The third-order valence-corrected chi connectivity index (χ3v) is 6.75. The molecule has 3 aromatic carbocycles. The van der Waals surface area contributed by atoms with Gasteiger partial charge in [0.2, 0.25) is 5.71 Å². The van der Waals surface area contributed by atoms with Crippen LogP contribution in [0.25, 0.3) is 44.6 Å². The minimum absolute atomic E-state index is 0. The first-order valence-electron chi connectivity index (χ1n) is 17.8. The SMILES string of the molecule is [2H]C(C)(C)c1ccnc(-c2[c-]ccc3c2oc2nc(C([2H])([2H])C([2H])([2H])c4ccccc4)ccc23)c1.[2H]C([2H])([2H])c1ccc(-c2[c-]cccc2)nc1.[Ir]. The summed E-state index contributed by atoms with van der Waals surface area (Å²) < 4.78 is 70.5. The zero-order valence-electron chi connectivity index (χ0n) is 32.1. The summed E-state index contributed by atoms with van der Waals surface area (Å²) in [5.74, 6) is -0.792. The number of hydrogen-bond acceptors (Lipinski definition) is 4. The van der Waals surface area contributed by atoms with Crippen molar-refractivity contribution in [2.75, 3.05) is 0 Å². The maximum Gasteiger partial charge on any atom is 0.216 e. The zero-order chi connectivity index (χ0) is 36.6. The summed E-state index contributed by atoms with van der Waals surface area (Å²) in [6, 6.07) is 35.7. The average Bonchev–Trinajstić information content (AvgIpc) is 3.50. The molecule has 4 nitrogen and oxygen atoms in total. The molecule has 0 atom stereocenters. The van der Waals surface area contributed by atoms with E-state index in [2.05, 4.69) is 27.1 Å². The van der Waals surface area contributed by atoms with Crippen molar-refractivity contribution >= 4 is 22.1 Å². The van der Waals surface area contributed by atoms with Gasteiger partial charge in [0.25, 0.3) is 0 Å². The molecule has 0 spiro atoms. The molecule has 0 unspecified atom stereocenters. The number of hydrogen-bond donors (Lipinski definition) is 0. The van der Waals surface area contributed by atoms with Crippen LogP contribution in [0.2, 0.25) is 0 Å². The normalized spacial score (nSPS) is 14.7. The molecule has 7 rings (SSSR count). The zero-order valence-corrected chi connectivity index (χ0v) is 26.4. The molecule has 7 aromatic rings. The van der Waals surface area contributed by atoms with Crippen molar-refractivity contribution in [2.24, 2.45) is 0 Å². The van der Waals surface area contributed by atoms with E-state index in [4.69, 9.17) is 15.4 Å². The van der Waals surface area contributed by atoms with Gasteiger partial charge in [-0.25, -0.2) is 4.98 Å². The summed E-state index contributed by atoms with van der Waals surface area (Å²) in [5.41, 5.74) is 4.78. The van der Waals surface area contributed by atoms with Crippen molar-refractivity contribution < 1.29 is 35.5 Å². The Morgan fingerprint density at radius 2 is 1.70 bits per heavy atom. The van der Waals surface area contributed by atoms with Crippen LogP contribution in [-0.2, 0) is 32.9 Å². The van der Waals surface area contributed by atoms with Gasteiger partial charge in [-0.3, -0.25) is 0 Å². The van der Waals surface area contributed by atoms with E-state index in [0.717, 1.165) is 22.2 Å². The number of furan rings is 1. The number of aryl methyl sites for hydroxylation is 3. The van der Waals surface area contributed by atoms with Gasteiger partial charge in [0, 0.05) is 54.5 Å². The molecule has 44 heavy (non-hydrogen) atoms. The Bertz CT molecular complexity index is 2290. The minimum atomic E-state index is -2.41. The smallest absolute Gasteiger partial charge is 0.216 e. The van der Waals surface area contributed by atoms with Crippen LogP contribution in [0.3, 0.4) is 0 Å². The van der Waals surface area contributed by atoms with Gasteiger partial charge in [-0.1, -0.05) is 78.9 Å². The van der Waals surface area contributed by atoms with Gasteiger partial charge in [-0.15, -0.1) is 54.1 Å². The number of aromatic nitrogens is 3. The van der Waals surface area contributed by atoms with Gasteiger partial charge >= 0.3 is 0 Å². The van der Waals surface area contributed by atoms with Gasteiger partial charge in [-0.2, -0.15) is 0 Å². The van der Waals surface area contributed by atoms with Crippen LogP contribution in [0.4, 0.5) is 0 Å². The van der Waals surface area contributed by atoms with E-state index >= 15 is 0 Å². The van der Waals surface area contributed by atoms with Crippen LogP contribution in [0, 0.1) is 19.0 Å². The molecule has 0 N–H and O–H groups in total. The number of pyridine rings is 3. The van der Waals surface area contributed by atoms with Crippen molar-refractivity contribution in [3.05, 3.63) is 150 Å². The third-order valence-electron chi connectivity index (χ3n) is 6.75. The monoisotopic (exact) mass is 760 g/mol.